The number of thiophene rings is 1. The van der Waals surface area contributed by atoms with E-state index in [9.17, 15) is 4.79 Å². The second kappa shape index (κ2) is 6.27. The van der Waals surface area contributed by atoms with Gasteiger partial charge in [0.05, 0.1) is 11.6 Å². The summed E-state index contributed by atoms with van der Waals surface area (Å²) in [5.74, 6) is 0.174. The first kappa shape index (κ1) is 15.5. The Bertz CT molecular complexity index is 475. The number of aryl methyl sites for hydroxylation is 2. The summed E-state index contributed by atoms with van der Waals surface area (Å²) in [4.78, 5) is 15.3. The normalized spacial score (nSPS) is 23.8. The lowest BCUT2D eigenvalue weighted by Gasteiger charge is -2.29. The van der Waals surface area contributed by atoms with Gasteiger partial charge in [0, 0.05) is 9.75 Å². The zero-order valence-electron chi connectivity index (χ0n) is 13.0. The smallest absolute Gasteiger partial charge is 0.240 e. The Hall–Kier alpha value is -0.870. The molecule has 0 saturated carbocycles. The molecule has 0 aromatic carbocycles. The van der Waals surface area contributed by atoms with Crippen LogP contribution in [0.4, 0.5) is 0 Å². The highest BCUT2D eigenvalue weighted by atomic mass is 32.1. The maximum atomic E-state index is 12.7. The number of hydrogen-bond donors (Lipinski definition) is 2. The molecule has 2 rings (SSSR count). The Morgan fingerprint density at radius 3 is 2.80 bits per heavy atom. The fraction of sp³-hybridized carbons (Fsp3) is 0.688. The number of rotatable bonds is 5. The van der Waals surface area contributed by atoms with Crippen LogP contribution in [-0.2, 0) is 4.79 Å². The van der Waals surface area contributed by atoms with Crippen molar-refractivity contribution in [3.63, 3.8) is 0 Å². The quantitative estimate of drug-likeness (QED) is 0.873. The Morgan fingerprint density at radius 2 is 2.30 bits per heavy atom. The molecule has 1 aliphatic heterocycles. The highest BCUT2D eigenvalue weighted by molar-refractivity contribution is 7.12. The van der Waals surface area contributed by atoms with Gasteiger partial charge in [-0.1, -0.05) is 13.3 Å². The molecule has 0 spiro atoms. The topological polar surface area (TPSA) is 41.1 Å². The lowest BCUT2D eigenvalue weighted by Crippen LogP contribution is -2.53. The minimum atomic E-state index is -0.331. The summed E-state index contributed by atoms with van der Waals surface area (Å²) in [6, 6.07) is 2.28. The maximum absolute atomic E-state index is 12.7. The molecule has 1 aromatic rings. The predicted molar refractivity (Wildman–Crippen MR) is 85.2 cm³/mol. The zero-order valence-corrected chi connectivity index (χ0v) is 13.8. The Kier molecular flexibility index (Phi) is 4.86. The lowest BCUT2D eigenvalue weighted by atomic mass is 9.90. The fourth-order valence-electron chi connectivity index (χ4n) is 3.25. The van der Waals surface area contributed by atoms with Crippen molar-refractivity contribution in [2.45, 2.75) is 65.0 Å². The summed E-state index contributed by atoms with van der Waals surface area (Å²) >= 11 is 1.80. The van der Waals surface area contributed by atoms with Crippen LogP contribution in [0.25, 0.3) is 0 Å². The van der Waals surface area contributed by atoms with Gasteiger partial charge in [-0.25, -0.2) is 0 Å². The molecule has 1 amide bonds. The van der Waals surface area contributed by atoms with Gasteiger partial charge in [-0.3, -0.25) is 4.79 Å². The van der Waals surface area contributed by atoms with Crippen molar-refractivity contribution in [1.82, 2.24) is 10.6 Å². The van der Waals surface area contributed by atoms with Crippen LogP contribution in [0.5, 0.6) is 0 Å². The molecule has 112 valence electrons. The molecule has 1 saturated heterocycles. The minimum Gasteiger partial charge on any atom is -0.348 e. The largest absolute Gasteiger partial charge is 0.348 e. The van der Waals surface area contributed by atoms with Gasteiger partial charge in [0.2, 0.25) is 5.91 Å². The van der Waals surface area contributed by atoms with Crippen molar-refractivity contribution >= 4 is 17.2 Å². The van der Waals surface area contributed by atoms with Crippen molar-refractivity contribution in [1.29, 1.82) is 0 Å². The summed E-state index contributed by atoms with van der Waals surface area (Å²) in [6.07, 6.45) is 4.01. The molecule has 0 radical (unpaired) electrons. The molecule has 0 aliphatic carbocycles. The molecule has 1 aromatic heterocycles. The van der Waals surface area contributed by atoms with Gasteiger partial charge in [0.25, 0.3) is 0 Å². The van der Waals surface area contributed by atoms with Crippen LogP contribution >= 0.6 is 11.3 Å². The first-order valence-electron chi connectivity index (χ1n) is 7.61. The van der Waals surface area contributed by atoms with Crippen LogP contribution in [0.1, 0.15) is 60.9 Å². The Labute approximate surface area is 126 Å². The average molecular weight is 294 g/mol. The van der Waals surface area contributed by atoms with E-state index in [1.54, 1.807) is 11.3 Å². The van der Waals surface area contributed by atoms with Crippen molar-refractivity contribution in [2.75, 3.05) is 6.54 Å². The summed E-state index contributed by atoms with van der Waals surface area (Å²) in [6.45, 7) is 9.43. The molecule has 2 unspecified atom stereocenters. The molecular formula is C16H26N2OS. The minimum absolute atomic E-state index is 0.0866. The number of amides is 1. The highest BCUT2D eigenvalue weighted by Crippen LogP contribution is 2.29. The van der Waals surface area contributed by atoms with E-state index in [-0.39, 0.29) is 17.5 Å². The molecule has 20 heavy (non-hydrogen) atoms. The molecule has 1 fully saturated rings. The Balaban J connectivity index is 2.08. The molecule has 4 heteroatoms. The first-order chi connectivity index (χ1) is 9.48. The third kappa shape index (κ3) is 3.07. The maximum Gasteiger partial charge on any atom is 0.240 e. The van der Waals surface area contributed by atoms with Gasteiger partial charge in [-0.2, -0.15) is 0 Å². The second-order valence-electron chi connectivity index (χ2n) is 5.93. The van der Waals surface area contributed by atoms with Crippen LogP contribution in [0.3, 0.4) is 0 Å². The molecular weight excluding hydrogens is 268 g/mol. The van der Waals surface area contributed by atoms with E-state index in [2.05, 4.69) is 44.4 Å². The van der Waals surface area contributed by atoms with Gasteiger partial charge in [0.15, 0.2) is 0 Å². The third-order valence-corrected chi connectivity index (χ3v) is 5.23. The molecule has 2 N–H and O–H groups in total. The standard InChI is InChI=1S/C16H26N2OS/c1-5-7-16(8-6-9-17-16)15(19)18-12(3)14-10-11(2)20-13(14)4/h10,12,17H,5-9H2,1-4H3,(H,18,19). The van der Waals surface area contributed by atoms with Gasteiger partial charge in [0.1, 0.15) is 0 Å². The van der Waals surface area contributed by atoms with Gasteiger partial charge in [-0.15, -0.1) is 11.3 Å². The summed E-state index contributed by atoms with van der Waals surface area (Å²) in [5, 5.41) is 6.66. The monoisotopic (exact) mass is 294 g/mol. The third-order valence-electron chi connectivity index (χ3n) is 4.25. The van der Waals surface area contributed by atoms with Crippen molar-refractivity contribution in [3.8, 4) is 0 Å². The van der Waals surface area contributed by atoms with Crippen LogP contribution in [0.15, 0.2) is 6.07 Å². The lowest BCUT2D eigenvalue weighted by molar-refractivity contribution is -0.128. The average Bonchev–Trinajstić information content (AvgIpc) is 2.97. The number of carbonyl (C=O) groups excluding carboxylic acids is 1. The van der Waals surface area contributed by atoms with E-state index in [1.807, 2.05) is 0 Å². The van der Waals surface area contributed by atoms with E-state index in [4.69, 9.17) is 0 Å². The summed E-state index contributed by atoms with van der Waals surface area (Å²) in [7, 11) is 0. The Morgan fingerprint density at radius 1 is 1.55 bits per heavy atom. The van der Waals surface area contributed by atoms with Crippen molar-refractivity contribution in [3.05, 3.63) is 21.4 Å². The van der Waals surface area contributed by atoms with Crippen molar-refractivity contribution < 1.29 is 4.79 Å². The van der Waals surface area contributed by atoms with Gasteiger partial charge >= 0.3 is 0 Å². The van der Waals surface area contributed by atoms with E-state index >= 15 is 0 Å². The van der Waals surface area contributed by atoms with Crippen molar-refractivity contribution in [2.24, 2.45) is 0 Å². The first-order valence-corrected chi connectivity index (χ1v) is 8.43. The van der Waals surface area contributed by atoms with E-state index in [0.29, 0.717) is 0 Å². The molecule has 1 aliphatic rings. The molecule has 2 heterocycles. The van der Waals surface area contributed by atoms with Crippen LogP contribution in [-0.4, -0.2) is 18.0 Å². The van der Waals surface area contributed by atoms with Gasteiger partial charge in [-0.05, 0) is 58.2 Å². The van der Waals surface area contributed by atoms with Crippen LogP contribution in [0, 0.1) is 13.8 Å². The molecule has 3 nitrogen and oxygen atoms in total. The number of carbonyl (C=O) groups is 1. The predicted octanol–water partition coefficient (Wildman–Crippen LogP) is 3.46. The summed E-state index contributed by atoms with van der Waals surface area (Å²) < 4.78 is 0. The van der Waals surface area contributed by atoms with Crippen LogP contribution in [0.2, 0.25) is 0 Å². The summed E-state index contributed by atoms with van der Waals surface area (Å²) in [5.41, 5.74) is 0.924. The molecule has 0 bridgehead atoms. The number of hydrogen-bond acceptors (Lipinski definition) is 3. The van der Waals surface area contributed by atoms with E-state index in [1.165, 1.54) is 15.3 Å². The van der Waals surface area contributed by atoms with E-state index in [0.717, 1.165) is 32.2 Å². The highest BCUT2D eigenvalue weighted by Gasteiger charge is 2.40. The van der Waals surface area contributed by atoms with Crippen LogP contribution < -0.4 is 10.6 Å². The molecule has 2 atom stereocenters. The number of nitrogens with one attached hydrogen (secondary N) is 2. The fourth-order valence-corrected chi connectivity index (χ4v) is 4.27. The van der Waals surface area contributed by atoms with E-state index < -0.39 is 0 Å². The zero-order chi connectivity index (χ0) is 14.8. The SMILES string of the molecule is CCCC1(C(=O)NC(C)c2cc(C)sc2C)CCCN1. The second-order valence-corrected chi connectivity index (χ2v) is 7.39. The van der Waals surface area contributed by atoms with Gasteiger partial charge < -0.3 is 10.6 Å².